The van der Waals surface area contributed by atoms with Crippen molar-refractivity contribution in [1.29, 1.82) is 0 Å². The van der Waals surface area contributed by atoms with Crippen LogP contribution in [0.5, 0.6) is 0 Å². The molecule has 2 N–H and O–H groups in total. The van der Waals surface area contributed by atoms with Crippen molar-refractivity contribution in [2.24, 2.45) is 0 Å². The van der Waals surface area contributed by atoms with E-state index in [1.54, 1.807) is 0 Å². The standard InChI is InChI=1S/C10H9F5N2O3S/c1-21(19,20)17-7-5-3-2-4-6(7)16-8(18)9(11,12)10(13,14)15/h2-5,17H,1H3,(H,16,18). The molecule has 0 saturated carbocycles. The molecule has 0 radical (unpaired) electrons. The van der Waals surface area contributed by atoms with Gasteiger partial charge in [0.15, 0.2) is 0 Å². The van der Waals surface area contributed by atoms with E-state index in [1.807, 2.05) is 4.72 Å². The van der Waals surface area contributed by atoms with Crippen LogP contribution < -0.4 is 10.0 Å². The minimum Gasteiger partial charge on any atom is -0.319 e. The highest BCUT2D eigenvalue weighted by molar-refractivity contribution is 7.92. The number of alkyl halides is 5. The van der Waals surface area contributed by atoms with E-state index in [2.05, 4.69) is 0 Å². The third-order valence-electron chi connectivity index (χ3n) is 2.11. The third kappa shape index (κ3) is 4.28. The zero-order valence-corrected chi connectivity index (χ0v) is 11.1. The lowest BCUT2D eigenvalue weighted by atomic mass is 10.2. The van der Waals surface area contributed by atoms with Gasteiger partial charge in [-0.1, -0.05) is 12.1 Å². The summed E-state index contributed by atoms with van der Waals surface area (Å²) in [5.74, 6) is -8.22. The van der Waals surface area contributed by atoms with Crippen molar-refractivity contribution >= 4 is 27.3 Å². The van der Waals surface area contributed by atoms with E-state index in [1.165, 1.54) is 17.4 Å². The van der Waals surface area contributed by atoms with E-state index in [-0.39, 0.29) is 5.69 Å². The van der Waals surface area contributed by atoms with Crippen LogP contribution in [0.2, 0.25) is 0 Å². The molecule has 21 heavy (non-hydrogen) atoms. The fraction of sp³-hybridized carbons (Fsp3) is 0.300. The number of carbonyl (C=O) groups is 1. The maximum absolute atomic E-state index is 12.8. The Morgan fingerprint density at radius 1 is 1.05 bits per heavy atom. The maximum atomic E-state index is 12.8. The number of halogens is 5. The van der Waals surface area contributed by atoms with Crippen molar-refractivity contribution in [3.8, 4) is 0 Å². The number of hydrogen-bond donors (Lipinski definition) is 2. The molecule has 1 rings (SSSR count). The van der Waals surface area contributed by atoms with Crippen molar-refractivity contribution in [2.45, 2.75) is 12.1 Å². The van der Waals surface area contributed by atoms with Crippen LogP contribution in [0.15, 0.2) is 24.3 Å². The van der Waals surface area contributed by atoms with Crippen LogP contribution in [0.1, 0.15) is 0 Å². The van der Waals surface area contributed by atoms with Gasteiger partial charge in [0.05, 0.1) is 17.6 Å². The summed E-state index contributed by atoms with van der Waals surface area (Å²) in [6.07, 6.45) is -5.31. The third-order valence-corrected chi connectivity index (χ3v) is 2.70. The van der Waals surface area contributed by atoms with Crippen molar-refractivity contribution in [2.75, 3.05) is 16.3 Å². The van der Waals surface area contributed by atoms with Gasteiger partial charge in [-0.15, -0.1) is 0 Å². The van der Waals surface area contributed by atoms with Crippen LogP contribution in [0.4, 0.5) is 33.3 Å². The van der Waals surface area contributed by atoms with Gasteiger partial charge in [0, 0.05) is 0 Å². The molecule has 0 aliphatic heterocycles. The predicted octanol–water partition coefficient (Wildman–Crippen LogP) is 2.19. The first-order chi connectivity index (χ1) is 9.34. The van der Waals surface area contributed by atoms with Gasteiger partial charge in [-0.05, 0) is 12.1 Å². The second-order valence-electron chi connectivity index (χ2n) is 3.95. The Kier molecular flexibility index (Phi) is 4.46. The number of hydrogen-bond acceptors (Lipinski definition) is 3. The minimum atomic E-state index is -6.06. The predicted molar refractivity (Wildman–Crippen MR) is 64.5 cm³/mol. The summed E-state index contributed by atoms with van der Waals surface area (Å²) >= 11 is 0. The van der Waals surface area contributed by atoms with Crippen molar-refractivity contribution in [3.05, 3.63) is 24.3 Å². The number of carbonyl (C=O) groups excluding carboxylic acids is 1. The van der Waals surface area contributed by atoms with E-state index in [0.717, 1.165) is 18.4 Å². The molecule has 118 valence electrons. The quantitative estimate of drug-likeness (QED) is 0.830. The van der Waals surface area contributed by atoms with Gasteiger partial charge in [-0.25, -0.2) is 8.42 Å². The monoisotopic (exact) mass is 332 g/mol. The molecule has 1 aromatic rings. The molecule has 0 aliphatic carbocycles. The number of amides is 1. The molecule has 0 fully saturated rings. The summed E-state index contributed by atoms with van der Waals surface area (Å²) in [6.45, 7) is 0. The van der Waals surface area contributed by atoms with Crippen molar-refractivity contribution < 1.29 is 35.2 Å². The first-order valence-electron chi connectivity index (χ1n) is 5.17. The number of nitrogens with one attached hydrogen (secondary N) is 2. The zero-order valence-electron chi connectivity index (χ0n) is 10.3. The van der Waals surface area contributed by atoms with Gasteiger partial charge in [-0.2, -0.15) is 22.0 Å². The molecule has 5 nitrogen and oxygen atoms in total. The summed E-state index contributed by atoms with van der Waals surface area (Å²) < 4.78 is 85.7. The second-order valence-corrected chi connectivity index (χ2v) is 5.69. The molecule has 0 unspecified atom stereocenters. The van der Waals surface area contributed by atoms with Gasteiger partial charge in [-0.3, -0.25) is 9.52 Å². The number of benzene rings is 1. The van der Waals surface area contributed by atoms with Gasteiger partial charge in [0.2, 0.25) is 10.0 Å². The van der Waals surface area contributed by atoms with Crippen LogP contribution >= 0.6 is 0 Å². The van der Waals surface area contributed by atoms with Crippen molar-refractivity contribution in [3.63, 3.8) is 0 Å². The highest BCUT2D eigenvalue weighted by Crippen LogP contribution is 2.36. The molecule has 0 saturated heterocycles. The number of anilines is 2. The Morgan fingerprint density at radius 3 is 1.95 bits per heavy atom. The van der Waals surface area contributed by atoms with E-state index in [9.17, 15) is 35.2 Å². The Balaban J connectivity index is 3.07. The highest BCUT2D eigenvalue weighted by Gasteiger charge is 2.63. The van der Waals surface area contributed by atoms with E-state index < -0.39 is 33.7 Å². The van der Waals surface area contributed by atoms with Crippen LogP contribution in [0, 0.1) is 0 Å². The summed E-state index contributed by atoms with van der Waals surface area (Å²) in [6, 6.07) is 4.57. The first-order valence-corrected chi connectivity index (χ1v) is 7.06. The molecular weight excluding hydrogens is 323 g/mol. The molecule has 0 bridgehead atoms. The zero-order chi connectivity index (χ0) is 16.5. The Morgan fingerprint density at radius 2 is 1.52 bits per heavy atom. The number of sulfonamides is 1. The minimum absolute atomic E-state index is 0.341. The fourth-order valence-corrected chi connectivity index (χ4v) is 1.79. The van der Waals surface area contributed by atoms with Crippen LogP contribution in [0.25, 0.3) is 0 Å². The fourth-order valence-electron chi connectivity index (χ4n) is 1.21. The normalized spacial score (nSPS) is 12.9. The Bertz CT molecular complexity index is 642. The van der Waals surface area contributed by atoms with Crippen molar-refractivity contribution in [1.82, 2.24) is 0 Å². The maximum Gasteiger partial charge on any atom is 0.463 e. The largest absolute Gasteiger partial charge is 0.463 e. The smallest absolute Gasteiger partial charge is 0.319 e. The molecule has 11 heteroatoms. The lowest BCUT2D eigenvalue weighted by Gasteiger charge is -2.19. The summed E-state index contributed by atoms with van der Waals surface area (Å²) in [4.78, 5) is 11.0. The van der Waals surface area contributed by atoms with Gasteiger partial charge >= 0.3 is 18.0 Å². The average molecular weight is 332 g/mol. The van der Waals surface area contributed by atoms with Crippen LogP contribution in [-0.2, 0) is 14.8 Å². The Labute approximate surface area is 116 Å². The summed E-state index contributed by atoms with van der Waals surface area (Å²) in [5, 5.41) is 1.34. The molecule has 0 atom stereocenters. The SMILES string of the molecule is CS(=O)(=O)Nc1ccccc1NC(=O)C(F)(F)C(F)(F)F. The van der Waals surface area contributed by atoms with Gasteiger partial charge in [0.1, 0.15) is 0 Å². The lowest BCUT2D eigenvalue weighted by molar-refractivity contribution is -0.267. The molecule has 1 aromatic carbocycles. The molecule has 0 aromatic heterocycles. The lowest BCUT2D eigenvalue weighted by Crippen LogP contribution is -2.47. The molecule has 1 amide bonds. The average Bonchev–Trinajstić information content (AvgIpc) is 2.28. The second kappa shape index (κ2) is 5.47. The number of rotatable bonds is 4. The van der Waals surface area contributed by atoms with E-state index in [0.29, 0.717) is 0 Å². The topological polar surface area (TPSA) is 75.3 Å². The van der Waals surface area contributed by atoms with Crippen LogP contribution in [0.3, 0.4) is 0 Å². The molecular formula is C10H9F5N2O3S. The summed E-state index contributed by atoms with van der Waals surface area (Å²) in [7, 11) is -3.81. The Hall–Kier alpha value is -1.91. The molecule has 0 spiro atoms. The first kappa shape index (κ1) is 17.1. The van der Waals surface area contributed by atoms with Gasteiger partial charge in [0.25, 0.3) is 0 Å². The van der Waals surface area contributed by atoms with Gasteiger partial charge < -0.3 is 5.32 Å². The summed E-state index contributed by atoms with van der Waals surface area (Å²) in [5.41, 5.74) is -0.872. The number of para-hydroxylation sites is 2. The van der Waals surface area contributed by atoms with E-state index in [4.69, 9.17) is 0 Å². The van der Waals surface area contributed by atoms with E-state index >= 15 is 0 Å². The molecule has 0 heterocycles. The highest BCUT2D eigenvalue weighted by atomic mass is 32.2. The van der Waals surface area contributed by atoms with Crippen LogP contribution in [-0.4, -0.2) is 32.7 Å². The molecule has 0 aliphatic rings.